The number of hydrogen-bond donors (Lipinski definition) is 1. The Kier molecular flexibility index (Phi) is 5.43. The van der Waals surface area contributed by atoms with Crippen LogP contribution in [0.5, 0.6) is 0 Å². The topological polar surface area (TPSA) is 110 Å². The van der Waals surface area contributed by atoms with Gasteiger partial charge in [-0.15, -0.1) is 10.2 Å². The van der Waals surface area contributed by atoms with E-state index in [1.54, 1.807) is 25.4 Å². The molecule has 4 heterocycles. The minimum atomic E-state index is -0.202. The van der Waals surface area contributed by atoms with Crippen LogP contribution in [0, 0.1) is 12.8 Å². The fraction of sp³-hybridized carbons (Fsp3) is 0.421. The molecule has 1 amide bonds. The maximum Gasteiger partial charge on any atom is 0.273 e. The number of aromatic nitrogens is 4. The van der Waals surface area contributed by atoms with Crippen molar-refractivity contribution in [2.45, 2.75) is 26.3 Å². The monoisotopic (exact) mass is 382 g/mol. The molecule has 4 rings (SSSR count). The molecule has 28 heavy (non-hydrogen) atoms. The van der Waals surface area contributed by atoms with E-state index >= 15 is 0 Å². The number of carbonyl (C=O) groups excluding carboxylic acids is 1. The predicted molar refractivity (Wildman–Crippen MR) is 99.1 cm³/mol. The molecule has 1 aliphatic heterocycles. The van der Waals surface area contributed by atoms with Gasteiger partial charge in [0.15, 0.2) is 5.69 Å². The van der Waals surface area contributed by atoms with Gasteiger partial charge in [-0.05, 0) is 44.4 Å². The third-order valence-corrected chi connectivity index (χ3v) is 4.75. The maximum absolute atomic E-state index is 12.1. The molecule has 1 atom stereocenters. The van der Waals surface area contributed by atoms with Crippen molar-refractivity contribution in [3.05, 3.63) is 47.9 Å². The molecule has 1 aliphatic rings. The first-order chi connectivity index (χ1) is 13.7. The van der Waals surface area contributed by atoms with E-state index in [1.807, 2.05) is 12.1 Å². The molecule has 1 unspecified atom stereocenters. The summed E-state index contributed by atoms with van der Waals surface area (Å²) in [4.78, 5) is 18.5. The summed E-state index contributed by atoms with van der Waals surface area (Å²) in [5, 5.41) is 15.0. The van der Waals surface area contributed by atoms with Gasteiger partial charge in [-0.1, -0.05) is 5.16 Å². The first-order valence-corrected chi connectivity index (χ1v) is 9.34. The van der Waals surface area contributed by atoms with E-state index in [0.29, 0.717) is 42.2 Å². The standard InChI is InChI=1S/C19H22N6O3/c1-13-8-16(24-28-13)18(26)21-9-14-4-3-7-25(11-14)12-17-22-23-19(27-17)15-5-2-6-20-10-15/h2,5-6,8,10,14H,3-4,7,9,11-12H2,1H3,(H,21,26). The Morgan fingerprint density at radius 1 is 1.39 bits per heavy atom. The Labute approximate surface area is 162 Å². The van der Waals surface area contributed by atoms with Gasteiger partial charge in [-0.3, -0.25) is 14.7 Å². The Morgan fingerprint density at radius 2 is 2.32 bits per heavy atom. The van der Waals surface area contributed by atoms with Gasteiger partial charge < -0.3 is 14.3 Å². The quantitative estimate of drug-likeness (QED) is 0.690. The first kappa shape index (κ1) is 18.3. The van der Waals surface area contributed by atoms with Crippen molar-refractivity contribution in [1.82, 2.24) is 30.6 Å². The van der Waals surface area contributed by atoms with E-state index in [1.165, 1.54) is 0 Å². The third-order valence-electron chi connectivity index (χ3n) is 4.75. The normalized spacial score (nSPS) is 17.5. The van der Waals surface area contributed by atoms with Crippen molar-refractivity contribution in [1.29, 1.82) is 0 Å². The second kappa shape index (κ2) is 8.30. The summed E-state index contributed by atoms with van der Waals surface area (Å²) >= 11 is 0. The summed E-state index contributed by atoms with van der Waals surface area (Å²) in [6.07, 6.45) is 5.54. The number of rotatable bonds is 6. The van der Waals surface area contributed by atoms with Crippen LogP contribution in [0.1, 0.15) is 35.0 Å². The predicted octanol–water partition coefficient (Wildman–Crippen LogP) is 2.07. The Bertz CT molecular complexity index is 923. The Balaban J connectivity index is 1.29. The minimum Gasteiger partial charge on any atom is -0.419 e. The average molecular weight is 382 g/mol. The van der Waals surface area contributed by atoms with Gasteiger partial charge in [0.25, 0.3) is 5.91 Å². The van der Waals surface area contributed by atoms with Crippen LogP contribution in [0.2, 0.25) is 0 Å². The number of nitrogens with one attached hydrogen (secondary N) is 1. The summed E-state index contributed by atoms with van der Waals surface area (Å²) in [6, 6.07) is 5.36. The molecule has 1 N–H and O–H groups in total. The second-order valence-electron chi connectivity index (χ2n) is 7.02. The van der Waals surface area contributed by atoms with Crippen molar-refractivity contribution in [2.24, 2.45) is 5.92 Å². The third kappa shape index (κ3) is 4.42. The second-order valence-corrected chi connectivity index (χ2v) is 7.02. The van der Waals surface area contributed by atoms with E-state index < -0.39 is 0 Å². The highest BCUT2D eigenvalue weighted by atomic mass is 16.5. The van der Waals surface area contributed by atoms with Gasteiger partial charge in [-0.25, -0.2) is 0 Å². The lowest BCUT2D eigenvalue weighted by Gasteiger charge is -2.31. The summed E-state index contributed by atoms with van der Waals surface area (Å²) < 4.78 is 10.7. The number of carbonyl (C=O) groups is 1. The lowest BCUT2D eigenvalue weighted by molar-refractivity contribution is 0.0918. The Hall–Kier alpha value is -3.07. The first-order valence-electron chi connectivity index (χ1n) is 9.34. The molecule has 3 aromatic heterocycles. The fourth-order valence-electron chi connectivity index (χ4n) is 3.38. The van der Waals surface area contributed by atoms with Gasteiger partial charge >= 0.3 is 0 Å². The van der Waals surface area contributed by atoms with Gasteiger partial charge in [0.05, 0.1) is 12.1 Å². The van der Waals surface area contributed by atoms with Crippen molar-refractivity contribution in [2.75, 3.05) is 19.6 Å². The van der Waals surface area contributed by atoms with Crippen molar-refractivity contribution < 1.29 is 13.7 Å². The molecule has 0 radical (unpaired) electrons. The number of aryl methyl sites for hydroxylation is 1. The van der Waals surface area contributed by atoms with E-state index in [-0.39, 0.29) is 5.91 Å². The van der Waals surface area contributed by atoms with Crippen LogP contribution in [-0.2, 0) is 6.54 Å². The number of amides is 1. The highest BCUT2D eigenvalue weighted by molar-refractivity contribution is 5.92. The molecular weight excluding hydrogens is 360 g/mol. The summed E-state index contributed by atoms with van der Waals surface area (Å²) in [5.74, 6) is 1.85. The zero-order chi connectivity index (χ0) is 19.3. The van der Waals surface area contributed by atoms with Crippen LogP contribution < -0.4 is 5.32 Å². The van der Waals surface area contributed by atoms with Crippen LogP contribution >= 0.6 is 0 Å². The summed E-state index contributed by atoms with van der Waals surface area (Å²) in [5.41, 5.74) is 1.13. The van der Waals surface area contributed by atoms with Gasteiger partial charge in [0, 0.05) is 31.5 Å². The molecule has 146 valence electrons. The molecule has 0 aliphatic carbocycles. The molecular formula is C19H22N6O3. The van der Waals surface area contributed by atoms with Crippen molar-refractivity contribution in [3.63, 3.8) is 0 Å². The summed E-state index contributed by atoms with van der Waals surface area (Å²) in [6.45, 7) is 4.80. The maximum atomic E-state index is 12.1. The van der Waals surface area contributed by atoms with E-state index in [9.17, 15) is 4.79 Å². The molecule has 9 heteroatoms. The van der Waals surface area contributed by atoms with E-state index in [0.717, 1.165) is 31.5 Å². The Morgan fingerprint density at radius 3 is 3.11 bits per heavy atom. The highest BCUT2D eigenvalue weighted by Gasteiger charge is 2.23. The van der Waals surface area contributed by atoms with Crippen LogP contribution in [0.4, 0.5) is 0 Å². The molecule has 0 saturated carbocycles. The SMILES string of the molecule is Cc1cc(C(=O)NCC2CCCN(Cc3nnc(-c4cccnc4)o3)C2)no1. The number of piperidine rings is 1. The molecule has 3 aromatic rings. The lowest BCUT2D eigenvalue weighted by atomic mass is 9.98. The van der Waals surface area contributed by atoms with E-state index in [4.69, 9.17) is 8.94 Å². The van der Waals surface area contributed by atoms with Gasteiger partial charge in [0.1, 0.15) is 5.76 Å². The van der Waals surface area contributed by atoms with Crippen LogP contribution in [0.3, 0.4) is 0 Å². The molecule has 1 saturated heterocycles. The minimum absolute atomic E-state index is 0.202. The zero-order valence-corrected chi connectivity index (χ0v) is 15.7. The number of pyridine rings is 1. The highest BCUT2D eigenvalue weighted by Crippen LogP contribution is 2.20. The van der Waals surface area contributed by atoms with Crippen molar-refractivity contribution >= 4 is 5.91 Å². The van der Waals surface area contributed by atoms with Gasteiger partial charge in [0.2, 0.25) is 11.8 Å². The van der Waals surface area contributed by atoms with Gasteiger partial charge in [-0.2, -0.15) is 0 Å². The van der Waals surface area contributed by atoms with Crippen LogP contribution in [0.25, 0.3) is 11.5 Å². The molecule has 0 bridgehead atoms. The summed E-state index contributed by atoms with van der Waals surface area (Å²) in [7, 11) is 0. The molecule has 0 spiro atoms. The molecule has 0 aromatic carbocycles. The fourth-order valence-corrected chi connectivity index (χ4v) is 3.38. The smallest absolute Gasteiger partial charge is 0.273 e. The zero-order valence-electron chi connectivity index (χ0n) is 15.7. The average Bonchev–Trinajstić information content (AvgIpc) is 3.36. The van der Waals surface area contributed by atoms with Crippen LogP contribution in [-0.4, -0.2) is 50.8 Å². The number of nitrogens with zero attached hydrogens (tertiary/aromatic N) is 5. The number of likely N-dealkylation sites (tertiary alicyclic amines) is 1. The molecule has 9 nitrogen and oxygen atoms in total. The van der Waals surface area contributed by atoms with Crippen molar-refractivity contribution in [3.8, 4) is 11.5 Å². The number of hydrogen-bond acceptors (Lipinski definition) is 8. The van der Waals surface area contributed by atoms with Crippen LogP contribution in [0.15, 0.2) is 39.5 Å². The lowest BCUT2D eigenvalue weighted by Crippen LogP contribution is -2.40. The van der Waals surface area contributed by atoms with E-state index in [2.05, 4.69) is 30.6 Å². The largest absolute Gasteiger partial charge is 0.419 e. The molecule has 1 fully saturated rings.